The highest BCUT2D eigenvalue weighted by atomic mass is 16.3. The van der Waals surface area contributed by atoms with E-state index in [1.54, 1.807) is 0 Å². The van der Waals surface area contributed by atoms with Gasteiger partial charge in [0.05, 0.1) is 12.1 Å². The lowest BCUT2D eigenvalue weighted by molar-refractivity contribution is 0.0583. The molecule has 2 atom stereocenters. The molecule has 1 saturated heterocycles. The second-order valence-electron chi connectivity index (χ2n) is 7.50. The van der Waals surface area contributed by atoms with Crippen LogP contribution in [-0.2, 0) is 0 Å². The van der Waals surface area contributed by atoms with Crippen molar-refractivity contribution in [1.29, 1.82) is 0 Å². The summed E-state index contributed by atoms with van der Waals surface area (Å²) in [6, 6.07) is 1.36. The van der Waals surface area contributed by atoms with Gasteiger partial charge in [0.2, 0.25) is 0 Å². The Balaban J connectivity index is 1.62. The highest BCUT2D eigenvalue weighted by Gasteiger charge is 2.48. The molecular weight excluding hydrogens is 250 g/mol. The third-order valence-corrected chi connectivity index (χ3v) is 5.43. The number of rotatable bonds is 7. The van der Waals surface area contributed by atoms with E-state index >= 15 is 0 Å². The fourth-order valence-electron chi connectivity index (χ4n) is 3.78. The first-order chi connectivity index (χ1) is 9.63. The molecule has 2 unspecified atom stereocenters. The predicted molar refractivity (Wildman–Crippen MR) is 81.8 cm³/mol. The zero-order chi connectivity index (χ0) is 14.2. The summed E-state index contributed by atoms with van der Waals surface area (Å²) in [4.78, 5) is 4.95. The van der Waals surface area contributed by atoms with Crippen molar-refractivity contribution in [3.8, 4) is 0 Å². The van der Waals surface area contributed by atoms with Crippen molar-refractivity contribution in [2.45, 2.75) is 56.1 Å². The number of hydrogen-bond acceptors (Lipinski definition) is 4. The molecule has 2 saturated carbocycles. The first-order valence-corrected chi connectivity index (χ1v) is 8.40. The molecule has 4 heteroatoms. The summed E-state index contributed by atoms with van der Waals surface area (Å²) in [6.07, 6.45) is 7.80. The third-order valence-electron chi connectivity index (χ3n) is 5.43. The van der Waals surface area contributed by atoms with E-state index in [2.05, 4.69) is 29.2 Å². The summed E-state index contributed by atoms with van der Waals surface area (Å²) in [6.45, 7) is 3.70. The zero-order valence-corrected chi connectivity index (χ0v) is 13.1. The molecule has 0 bridgehead atoms. The number of likely N-dealkylation sites (tertiary alicyclic amines) is 1. The van der Waals surface area contributed by atoms with Gasteiger partial charge in [-0.05, 0) is 65.1 Å². The van der Waals surface area contributed by atoms with Crippen molar-refractivity contribution in [3.05, 3.63) is 0 Å². The second kappa shape index (κ2) is 5.91. The molecular formula is C16H31N3O. The summed E-state index contributed by atoms with van der Waals surface area (Å²) in [5, 5.41) is 13.9. The van der Waals surface area contributed by atoms with Gasteiger partial charge in [-0.15, -0.1) is 0 Å². The first-order valence-electron chi connectivity index (χ1n) is 8.40. The van der Waals surface area contributed by atoms with Crippen molar-refractivity contribution in [1.82, 2.24) is 15.1 Å². The molecule has 2 N–H and O–H groups in total. The van der Waals surface area contributed by atoms with E-state index in [0.717, 1.165) is 13.1 Å². The quantitative estimate of drug-likeness (QED) is 0.727. The second-order valence-corrected chi connectivity index (χ2v) is 7.50. The van der Waals surface area contributed by atoms with Gasteiger partial charge in [-0.25, -0.2) is 0 Å². The molecule has 1 aliphatic heterocycles. The highest BCUT2D eigenvalue weighted by molar-refractivity contribution is 5.06. The van der Waals surface area contributed by atoms with Crippen LogP contribution in [0.1, 0.15) is 38.5 Å². The lowest BCUT2D eigenvalue weighted by Gasteiger charge is -2.43. The van der Waals surface area contributed by atoms with Crippen LogP contribution in [0.4, 0.5) is 0 Å². The molecule has 3 aliphatic rings. The summed E-state index contributed by atoms with van der Waals surface area (Å²) < 4.78 is 0. The highest BCUT2D eigenvalue weighted by Crippen LogP contribution is 2.42. The van der Waals surface area contributed by atoms with E-state index in [4.69, 9.17) is 0 Å². The maximum Gasteiger partial charge on any atom is 0.0628 e. The minimum absolute atomic E-state index is 0.0185. The van der Waals surface area contributed by atoms with Gasteiger partial charge in [-0.2, -0.15) is 0 Å². The van der Waals surface area contributed by atoms with E-state index in [0.29, 0.717) is 24.6 Å². The average molecular weight is 281 g/mol. The number of piperidine rings is 1. The topological polar surface area (TPSA) is 38.7 Å². The summed E-state index contributed by atoms with van der Waals surface area (Å²) in [5.41, 5.74) is -0.0185. The Kier molecular flexibility index (Phi) is 4.37. The maximum absolute atomic E-state index is 10.1. The van der Waals surface area contributed by atoms with Crippen LogP contribution in [0.3, 0.4) is 0 Å². The van der Waals surface area contributed by atoms with Crippen molar-refractivity contribution in [2.24, 2.45) is 5.92 Å². The van der Waals surface area contributed by atoms with E-state index in [-0.39, 0.29) is 5.54 Å². The van der Waals surface area contributed by atoms with Crippen LogP contribution in [0.15, 0.2) is 0 Å². The molecule has 0 aromatic rings. The monoisotopic (exact) mass is 281 g/mol. The fourth-order valence-corrected chi connectivity index (χ4v) is 3.78. The summed E-state index contributed by atoms with van der Waals surface area (Å²) in [5.74, 6) is 0.702. The summed E-state index contributed by atoms with van der Waals surface area (Å²) >= 11 is 0. The van der Waals surface area contributed by atoms with Crippen molar-refractivity contribution >= 4 is 0 Å². The fraction of sp³-hybridized carbons (Fsp3) is 1.00. The molecule has 0 radical (unpaired) electrons. The van der Waals surface area contributed by atoms with Gasteiger partial charge in [-0.1, -0.05) is 0 Å². The molecule has 0 amide bonds. The standard InChI is InChI=1S/C16H31N3O/c1-18(2)15-4-3-9-19(10-15)11-16(12-20,13-5-6-13)17-14-7-8-14/h13-15,17,20H,3-12H2,1-2H3. The number of aliphatic hydroxyl groups is 1. The SMILES string of the molecule is CN(C)C1CCCN(CC(CO)(NC2CC2)C2CC2)C1. The van der Waals surface area contributed by atoms with Gasteiger partial charge in [0.1, 0.15) is 0 Å². The first kappa shape index (κ1) is 14.8. The Morgan fingerprint density at radius 2 is 1.95 bits per heavy atom. The number of hydrogen-bond donors (Lipinski definition) is 2. The number of nitrogens with one attached hydrogen (secondary N) is 1. The number of likely N-dealkylation sites (N-methyl/N-ethyl adjacent to an activating group) is 1. The van der Waals surface area contributed by atoms with E-state index in [1.165, 1.54) is 45.1 Å². The molecule has 0 aromatic heterocycles. The van der Waals surface area contributed by atoms with Crippen LogP contribution in [-0.4, -0.2) is 72.9 Å². The van der Waals surface area contributed by atoms with Crippen LogP contribution in [0.2, 0.25) is 0 Å². The molecule has 116 valence electrons. The van der Waals surface area contributed by atoms with Crippen molar-refractivity contribution in [3.63, 3.8) is 0 Å². The van der Waals surface area contributed by atoms with E-state index < -0.39 is 0 Å². The Hall–Kier alpha value is -0.160. The number of nitrogens with zero attached hydrogens (tertiary/aromatic N) is 2. The van der Waals surface area contributed by atoms with Crippen LogP contribution < -0.4 is 5.32 Å². The van der Waals surface area contributed by atoms with Gasteiger partial charge >= 0.3 is 0 Å². The van der Waals surface area contributed by atoms with Gasteiger partial charge in [0.25, 0.3) is 0 Å². The van der Waals surface area contributed by atoms with Gasteiger partial charge in [0, 0.05) is 25.2 Å². The lowest BCUT2D eigenvalue weighted by atomic mass is 9.91. The van der Waals surface area contributed by atoms with Crippen LogP contribution >= 0.6 is 0 Å². The third kappa shape index (κ3) is 3.35. The normalized spacial score (nSPS) is 31.5. The lowest BCUT2D eigenvalue weighted by Crippen LogP contribution is -2.60. The van der Waals surface area contributed by atoms with Crippen LogP contribution in [0.5, 0.6) is 0 Å². The Bertz CT molecular complexity index is 328. The molecule has 20 heavy (non-hydrogen) atoms. The molecule has 0 spiro atoms. The molecule has 3 fully saturated rings. The smallest absolute Gasteiger partial charge is 0.0628 e. The Labute approximate surface area is 123 Å². The maximum atomic E-state index is 10.1. The summed E-state index contributed by atoms with van der Waals surface area (Å²) in [7, 11) is 4.38. The van der Waals surface area contributed by atoms with Crippen LogP contribution in [0.25, 0.3) is 0 Å². The number of aliphatic hydroxyl groups excluding tert-OH is 1. The Morgan fingerprint density at radius 1 is 1.20 bits per heavy atom. The zero-order valence-electron chi connectivity index (χ0n) is 13.1. The molecule has 4 nitrogen and oxygen atoms in total. The average Bonchev–Trinajstić information content (AvgIpc) is 3.30. The van der Waals surface area contributed by atoms with Crippen LogP contribution in [0, 0.1) is 5.92 Å². The van der Waals surface area contributed by atoms with Gasteiger partial charge in [-0.3, -0.25) is 4.90 Å². The molecule has 3 rings (SSSR count). The largest absolute Gasteiger partial charge is 0.394 e. The predicted octanol–water partition coefficient (Wildman–Crippen LogP) is 0.906. The Morgan fingerprint density at radius 3 is 2.50 bits per heavy atom. The molecule has 2 aliphatic carbocycles. The minimum Gasteiger partial charge on any atom is -0.394 e. The van der Waals surface area contributed by atoms with E-state index in [1.807, 2.05) is 0 Å². The molecule has 0 aromatic carbocycles. The van der Waals surface area contributed by atoms with Crippen molar-refractivity contribution < 1.29 is 5.11 Å². The molecule has 1 heterocycles. The minimum atomic E-state index is -0.0185. The van der Waals surface area contributed by atoms with Gasteiger partial charge < -0.3 is 15.3 Å². The van der Waals surface area contributed by atoms with E-state index in [9.17, 15) is 5.11 Å². The van der Waals surface area contributed by atoms with Crippen molar-refractivity contribution in [2.75, 3.05) is 40.3 Å². The van der Waals surface area contributed by atoms with Gasteiger partial charge in [0.15, 0.2) is 0 Å².